The summed E-state index contributed by atoms with van der Waals surface area (Å²) in [5.41, 5.74) is 0.666. The van der Waals surface area contributed by atoms with Gasteiger partial charge in [0, 0.05) is 12.6 Å². The van der Waals surface area contributed by atoms with E-state index in [1.54, 1.807) is 32.4 Å². The third kappa shape index (κ3) is 4.27. The summed E-state index contributed by atoms with van der Waals surface area (Å²) in [5, 5.41) is 15.8. The van der Waals surface area contributed by atoms with Gasteiger partial charge in [0.1, 0.15) is 0 Å². The van der Waals surface area contributed by atoms with E-state index >= 15 is 0 Å². The molecule has 2 amide bonds. The molecule has 6 heteroatoms. The smallest absolute Gasteiger partial charge is 0.315 e. The first kappa shape index (κ1) is 16.4. The summed E-state index contributed by atoms with van der Waals surface area (Å²) >= 11 is 0. The number of benzene rings is 1. The molecule has 0 bridgehead atoms. The fourth-order valence-corrected chi connectivity index (χ4v) is 2.67. The number of hydrogen-bond acceptors (Lipinski definition) is 4. The van der Waals surface area contributed by atoms with Gasteiger partial charge < -0.3 is 25.2 Å². The van der Waals surface area contributed by atoms with Gasteiger partial charge in [0.05, 0.1) is 20.3 Å². The lowest BCUT2D eigenvalue weighted by Gasteiger charge is -2.17. The van der Waals surface area contributed by atoms with E-state index in [4.69, 9.17) is 9.47 Å². The van der Waals surface area contributed by atoms with Crippen molar-refractivity contribution in [1.82, 2.24) is 10.6 Å². The average molecular weight is 308 g/mol. The second-order valence-corrected chi connectivity index (χ2v) is 5.47. The van der Waals surface area contributed by atoms with Crippen LogP contribution in [0.2, 0.25) is 0 Å². The van der Waals surface area contributed by atoms with Crippen molar-refractivity contribution in [1.29, 1.82) is 0 Å². The van der Waals surface area contributed by atoms with Gasteiger partial charge in [-0.3, -0.25) is 0 Å². The number of aliphatic hydroxyl groups excluding tert-OH is 1. The molecule has 0 radical (unpaired) electrons. The second-order valence-electron chi connectivity index (χ2n) is 5.47. The van der Waals surface area contributed by atoms with E-state index in [1.807, 2.05) is 0 Å². The quantitative estimate of drug-likeness (QED) is 0.751. The number of urea groups is 1. The molecule has 1 saturated carbocycles. The first-order valence-corrected chi connectivity index (χ1v) is 7.58. The van der Waals surface area contributed by atoms with Crippen LogP contribution in [0.15, 0.2) is 18.2 Å². The molecule has 0 aliphatic heterocycles. The van der Waals surface area contributed by atoms with E-state index in [9.17, 15) is 9.90 Å². The van der Waals surface area contributed by atoms with E-state index in [2.05, 4.69) is 10.6 Å². The van der Waals surface area contributed by atoms with E-state index in [1.165, 1.54) is 12.8 Å². The Labute approximate surface area is 130 Å². The number of hydrogen-bond donors (Lipinski definition) is 3. The largest absolute Gasteiger partial charge is 0.493 e. The van der Waals surface area contributed by atoms with Crippen LogP contribution in [0.3, 0.4) is 0 Å². The molecule has 22 heavy (non-hydrogen) atoms. The maximum absolute atomic E-state index is 11.8. The molecular formula is C16H24N2O4. The van der Waals surface area contributed by atoms with Gasteiger partial charge in [-0.1, -0.05) is 18.9 Å². The van der Waals surface area contributed by atoms with Crippen molar-refractivity contribution in [3.63, 3.8) is 0 Å². The molecule has 0 saturated heterocycles. The third-order valence-electron chi connectivity index (χ3n) is 3.94. The lowest BCUT2D eigenvalue weighted by atomic mass is 10.1. The van der Waals surface area contributed by atoms with Crippen LogP contribution < -0.4 is 20.1 Å². The molecule has 0 spiro atoms. The van der Waals surface area contributed by atoms with Crippen molar-refractivity contribution in [2.24, 2.45) is 0 Å². The van der Waals surface area contributed by atoms with Crippen LogP contribution >= 0.6 is 0 Å². The Hall–Kier alpha value is -1.95. The normalized spacial score (nSPS) is 16.1. The van der Waals surface area contributed by atoms with Gasteiger partial charge in [-0.05, 0) is 30.5 Å². The van der Waals surface area contributed by atoms with Crippen LogP contribution in [0, 0.1) is 0 Å². The summed E-state index contributed by atoms with van der Waals surface area (Å²) in [4.78, 5) is 11.8. The zero-order chi connectivity index (χ0) is 15.9. The van der Waals surface area contributed by atoms with Gasteiger partial charge in [0.25, 0.3) is 0 Å². The molecule has 122 valence electrons. The van der Waals surface area contributed by atoms with Crippen LogP contribution in [0.25, 0.3) is 0 Å². The lowest BCUT2D eigenvalue weighted by Crippen LogP contribution is -2.42. The number of amides is 2. The van der Waals surface area contributed by atoms with Crippen molar-refractivity contribution in [3.05, 3.63) is 23.8 Å². The molecule has 1 aromatic rings. The molecule has 0 heterocycles. The average Bonchev–Trinajstić information content (AvgIpc) is 3.04. The van der Waals surface area contributed by atoms with Crippen LogP contribution in [-0.2, 0) is 0 Å². The highest BCUT2D eigenvalue weighted by molar-refractivity contribution is 5.74. The molecule has 3 N–H and O–H groups in total. The number of methoxy groups -OCH3 is 2. The minimum absolute atomic E-state index is 0.147. The standard InChI is InChI=1S/C16H24N2O4/c1-21-14-8-7-11(9-15(14)22-2)13(19)10-17-16(20)18-12-5-3-4-6-12/h7-9,12-13,19H,3-6,10H2,1-2H3,(H2,17,18,20)/t13-/m0/s1. The highest BCUT2D eigenvalue weighted by Gasteiger charge is 2.18. The number of carbonyl (C=O) groups is 1. The van der Waals surface area contributed by atoms with Crippen molar-refractivity contribution in [3.8, 4) is 11.5 Å². The zero-order valence-electron chi connectivity index (χ0n) is 13.1. The summed E-state index contributed by atoms with van der Waals surface area (Å²) in [6.45, 7) is 0.147. The topological polar surface area (TPSA) is 79.8 Å². The predicted octanol–water partition coefficient (Wildman–Crippen LogP) is 1.98. The van der Waals surface area contributed by atoms with Crippen LogP contribution in [-0.4, -0.2) is 37.9 Å². The second kappa shape index (κ2) is 7.89. The SMILES string of the molecule is COc1ccc([C@@H](O)CNC(=O)NC2CCCC2)cc1OC. The van der Waals surface area contributed by atoms with E-state index < -0.39 is 6.10 Å². The fraction of sp³-hybridized carbons (Fsp3) is 0.562. The lowest BCUT2D eigenvalue weighted by molar-refractivity contribution is 0.172. The van der Waals surface area contributed by atoms with Crippen molar-refractivity contribution in [2.75, 3.05) is 20.8 Å². The fourth-order valence-electron chi connectivity index (χ4n) is 2.67. The van der Waals surface area contributed by atoms with Crippen LogP contribution in [0.4, 0.5) is 4.79 Å². The molecule has 1 aliphatic rings. The number of carbonyl (C=O) groups excluding carboxylic acids is 1. The van der Waals surface area contributed by atoms with Crippen LogP contribution in [0.5, 0.6) is 11.5 Å². The number of ether oxygens (including phenoxy) is 2. The van der Waals surface area contributed by atoms with E-state index in [-0.39, 0.29) is 18.6 Å². The Morgan fingerprint density at radius 1 is 1.27 bits per heavy atom. The molecule has 6 nitrogen and oxygen atoms in total. The van der Waals surface area contributed by atoms with Gasteiger partial charge in [0.2, 0.25) is 0 Å². The van der Waals surface area contributed by atoms with Crippen molar-refractivity contribution >= 4 is 6.03 Å². The van der Waals surface area contributed by atoms with Gasteiger partial charge in [-0.25, -0.2) is 4.79 Å². The van der Waals surface area contributed by atoms with Gasteiger partial charge in [-0.15, -0.1) is 0 Å². The van der Waals surface area contributed by atoms with Crippen LogP contribution in [0.1, 0.15) is 37.4 Å². The number of rotatable bonds is 6. The minimum atomic E-state index is -0.797. The molecule has 1 aliphatic carbocycles. The minimum Gasteiger partial charge on any atom is -0.493 e. The number of aliphatic hydroxyl groups is 1. The van der Waals surface area contributed by atoms with Crippen molar-refractivity contribution in [2.45, 2.75) is 37.8 Å². The number of nitrogens with one attached hydrogen (secondary N) is 2. The Kier molecular flexibility index (Phi) is 5.89. The van der Waals surface area contributed by atoms with Gasteiger partial charge in [0.15, 0.2) is 11.5 Å². The Morgan fingerprint density at radius 2 is 1.95 bits per heavy atom. The highest BCUT2D eigenvalue weighted by Crippen LogP contribution is 2.29. The molecule has 1 fully saturated rings. The molecule has 2 rings (SSSR count). The molecular weight excluding hydrogens is 284 g/mol. The Balaban J connectivity index is 1.85. The van der Waals surface area contributed by atoms with Gasteiger partial charge in [-0.2, -0.15) is 0 Å². The summed E-state index contributed by atoms with van der Waals surface area (Å²) in [6, 6.07) is 5.23. The summed E-state index contributed by atoms with van der Waals surface area (Å²) in [6.07, 6.45) is 3.60. The first-order valence-electron chi connectivity index (χ1n) is 7.58. The molecule has 1 aromatic carbocycles. The first-order chi connectivity index (χ1) is 10.6. The summed E-state index contributed by atoms with van der Waals surface area (Å²) in [7, 11) is 3.10. The summed E-state index contributed by atoms with van der Waals surface area (Å²) < 4.78 is 10.4. The van der Waals surface area contributed by atoms with Crippen molar-refractivity contribution < 1.29 is 19.4 Å². The zero-order valence-corrected chi connectivity index (χ0v) is 13.1. The monoisotopic (exact) mass is 308 g/mol. The highest BCUT2D eigenvalue weighted by atomic mass is 16.5. The molecule has 1 atom stereocenters. The Morgan fingerprint density at radius 3 is 2.59 bits per heavy atom. The third-order valence-corrected chi connectivity index (χ3v) is 3.94. The summed E-state index contributed by atoms with van der Waals surface area (Å²) in [5.74, 6) is 1.15. The van der Waals surface area contributed by atoms with E-state index in [0.717, 1.165) is 12.8 Å². The van der Waals surface area contributed by atoms with E-state index in [0.29, 0.717) is 17.1 Å². The van der Waals surface area contributed by atoms with Gasteiger partial charge >= 0.3 is 6.03 Å². The Bertz CT molecular complexity index is 501. The predicted molar refractivity (Wildman–Crippen MR) is 83.3 cm³/mol. The molecule has 0 aromatic heterocycles. The maximum Gasteiger partial charge on any atom is 0.315 e. The molecule has 0 unspecified atom stereocenters. The maximum atomic E-state index is 11.8.